The first-order valence-electron chi connectivity index (χ1n) is 13.4. The number of ketones is 1. The molecule has 8 heteroatoms. The van der Waals surface area contributed by atoms with E-state index >= 15 is 0 Å². The molecular weight excluding hydrogens is 520 g/mol. The van der Waals surface area contributed by atoms with Crippen LogP contribution in [-0.2, 0) is 25.7 Å². The van der Waals surface area contributed by atoms with Crippen LogP contribution in [0.2, 0.25) is 0 Å². The standard InChI is InChI=1S/C33H32N2O6/c1-19-30(33(39)41-18-21-8-6-10-24(14-21)35-20(2)36)31(22-9-7-11-25(37)15-22)32-27(34-19)16-23(17-28(32)38)26-12-4-5-13-29(26)40-3/h4-15,23,31,34,37H,16-18H2,1-3H3,(H,35,36)/t23-,31-/m1/s1. The Labute approximate surface area is 238 Å². The summed E-state index contributed by atoms with van der Waals surface area (Å²) in [4.78, 5) is 38.9. The van der Waals surface area contributed by atoms with E-state index in [1.165, 1.54) is 6.92 Å². The summed E-state index contributed by atoms with van der Waals surface area (Å²) in [6.07, 6.45) is 0.819. The maximum absolute atomic E-state index is 13.8. The van der Waals surface area contributed by atoms with Gasteiger partial charge < -0.3 is 25.2 Å². The summed E-state index contributed by atoms with van der Waals surface area (Å²) < 4.78 is 11.3. The lowest BCUT2D eigenvalue weighted by Crippen LogP contribution is -2.36. The highest BCUT2D eigenvalue weighted by Gasteiger charge is 2.42. The van der Waals surface area contributed by atoms with Crippen molar-refractivity contribution in [1.29, 1.82) is 0 Å². The second-order valence-corrected chi connectivity index (χ2v) is 10.3. The fourth-order valence-corrected chi connectivity index (χ4v) is 5.74. The number of esters is 1. The van der Waals surface area contributed by atoms with Crippen molar-refractivity contribution in [1.82, 2.24) is 5.32 Å². The van der Waals surface area contributed by atoms with Gasteiger partial charge in [0.15, 0.2) is 5.78 Å². The highest BCUT2D eigenvalue weighted by molar-refractivity contribution is 6.04. The fraction of sp³-hybridized carbons (Fsp3) is 0.242. The third-order valence-corrected chi connectivity index (χ3v) is 7.45. The molecule has 0 saturated heterocycles. The lowest BCUT2D eigenvalue weighted by atomic mass is 9.71. The molecule has 41 heavy (non-hydrogen) atoms. The SMILES string of the molecule is COc1ccccc1[C@H]1CC(=O)C2=C(C1)NC(C)=C(C(=O)OCc1cccc(NC(C)=O)c1)[C@H]2c1cccc(O)c1. The molecular formula is C33H32N2O6. The molecule has 1 aliphatic carbocycles. The van der Waals surface area contributed by atoms with Gasteiger partial charge in [0.25, 0.3) is 0 Å². The van der Waals surface area contributed by atoms with Gasteiger partial charge in [-0.2, -0.15) is 0 Å². The van der Waals surface area contributed by atoms with Gasteiger partial charge in [0.2, 0.25) is 5.91 Å². The summed E-state index contributed by atoms with van der Waals surface area (Å²) in [5, 5.41) is 16.4. The van der Waals surface area contributed by atoms with E-state index in [2.05, 4.69) is 10.6 Å². The van der Waals surface area contributed by atoms with Crippen molar-refractivity contribution in [3.8, 4) is 11.5 Å². The number of dihydropyridines is 1. The number of carbonyl (C=O) groups excluding carboxylic acids is 3. The van der Waals surface area contributed by atoms with Crippen molar-refractivity contribution >= 4 is 23.3 Å². The largest absolute Gasteiger partial charge is 0.508 e. The van der Waals surface area contributed by atoms with Crippen molar-refractivity contribution in [3.05, 3.63) is 112 Å². The average Bonchev–Trinajstić information content (AvgIpc) is 2.95. The van der Waals surface area contributed by atoms with Gasteiger partial charge in [-0.15, -0.1) is 0 Å². The van der Waals surface area contributed by atoms with E-state index in [1.54, 1.807) is 62.6 Å². The number of anilines is 1. The number of ether oxygens (including phenoxy) is 2. The van der Waals surface area contributed by atoms with Crippen LogP contribution in [0.15, 0.2) is 95.3 Å². The molecule has 3 aromatic carbocycles. The van der Waals surface area contributed by atoms with Gasteiger partial charge in [0.1, 0.15) is 18.1 Å². The zero-order valence-electron chi connectivity index (χ0n) is 23.2. The minimum atomic E-state index is -0.706. The number of aromatic hydroxyl groups is 1. The second kappa shape index (κ2) is 11.7. The van der Waals surface area contributed by atoms with E-state index in [4.69, 9.17) is 9.47 Å². The Morgan fingerprint density at radius 3 is 2.56 bits per heavy atom. The molecule has 210 valence electrons. The lowest BCUT2D eigenvalue weighted by molar-refractivity contribution is -0.140. The molecule has 3 aromatic rings. The Hall–Kier alpha value is -4.85. The number of benzene rings is 3. The molecule has 3 N–H and O–H groups in total. The first kappa shape index (κ1) is 27.7. The van der Waals surface area contributed by atoms with Crippen LogP contribution in [0, 0.1) is 0 Å². The molecule has 1 aliphatic heterocycles. The Morgan fingerprint density at radius 2 is 1.80 bits per heavy atom. The van der Waals surface area contributed by atoms with Gasteiger partial charge in [0.05, 0.1) is 12.7 Å². The molecule has 0 unspecified atom stereocenters. The monoisotopic (exact) mass is 552 g/mol. The number of para-hydroxylation sites is 1. The molecule has 2 atom stereocenters. The number of carbonyl (C=O) groups is 3. The summed E-state index contributed by atoms with van der Waals surface area (Å²) >= 11 is 0. The summed E-state index contributed by atoms with van der Waals surface area (Å²) in [5.41, 5.74) is 5.05. The highest BCUT2D eigenvalue weighted by Crippen LogP contribution is 2.47. The lowest BCUT2D eigenvalue weighted by Gasteiger charge is -2.37. The number of methoxy groups -OCH3 is 1. The fourth-order valence-electron chi connectivity index (χ4n) is 5.74. The number of phenols is 1. The first-order chi connectivity index (χ1) is 19.7. The average molecular weight is 553 g/mol. The van der Waals surface area contributed by atoms with Gasteiger partial charge in [-0.25, -0.2) is 4.79 Å². The van der Waals surface area contributed by atoms with Crippen molar-refractivity contribution in [2.24, 2.45) is 0 Å². The third-order valence-electron chi connectivity index (χ3n) is 7.45. The van der Waals surface area contributed by atoms with Crippen LogP contribution < -0.4 is 15.4 Å². The van der Waals surface area contributed by atoms with Gasteiger partial charge in [-0.05, 0) is 60.4 Å². The number of Topliss-reactive ketones (excluding diaryl/α,β-unsaturated/α-hetero) is 1. The van der Waals surface area contributed by atoms with Crippen LogP contribution in [0.5, 0.6) is 11.5 Å². The normalized spacial score (nSPS) is 18.4. The van der Waals surface area contributed by atoms with Crippen LogP contribution in [0.3, 0.4) is 0 Å². The van der Waals surface area contributed by atoms with Crippen LogP contribution in [0.1, 0.15) is 55.2 Å². The number of amides is 1. The number of hydrogen-bond acceptors (Lipinski definition) is 7. The number of rotatable bonds is 7. The quantitative estimate of drug-likeness (QED) is 0.333. The molecule has 0 saturated carbocycles. The van der Waals surface area contributed by atoms with Crippen LogP contribution in [0.4, 0.5) is 5.69 Å². The molecule has 8 nitrogen and oxygen atoms in total. The van der Waals surface area contributed by atoms with E-state index in [1.807, 2.05) is 24.3 Å². The summed E-state index contributed by atoms with van der Waals surface area (Å²) in [5.74, 6) is -0.874. The van der Waals surface area contributed by atoms with E-state index < -0.39 is 11.9 Å². The van der Waals surface area contributed by atoms with Crippen molar-refractivity contribution < 1.29 is 29.0 Å². The van der Waals surface area contributed by atoms with Crippen LogP contribution in [-0.4, -0.2) is 29.9 Å². The molecule has 5 rings (SSSR count). The first-order valence-corrected chi connectivity index (χ1v) is 13.4. The van der Waals surface area contributed by atoms with Gasteiger partial charge >= 0.3 is 5.97 Å². The number of phenolic OH excluding ortho intramolecular Hbond substituents is 1. The minimum Gasteiger partial charge on any atom is -0.508 e. The number of nitrogens with one attached hydrogen (secondary N) is 2. The van der Waals surface area contributed by atoms with Gasteiger partial charge in [0, 0.05) is 47.8 Å². The van der Waals surface area contributed by atoms with E-state index in [0.29, 0.717) is 40.1 Å². The van der Waals surface area contributed by atoms with Crippen LogP contribution in [0.25, 0.3) is 0 Å². The van der Waals surface area contributed by atoms with Crippen LogP contribution >= 0.6 is 0 Å². The molecule has 0 aromatic heterocycles. The predicted molar refractivity (Wildman–Crippen MR) is 154 cm³/mol. The molecule has 0 spiro atoms. The Kier molecular flexibility index (Phi) is 7.92. The zero-order chi connectivity index (χ0) is 29.1. The van der Waals surface area contributed by atoms with E-state index in [9.17, 15) is 19.5 Å². The maximum Gasteiger partial charge on any atom is 0.337 e. The smallest absolute Gasteiger partial charge is 0.337 e. The summed E-state index contributed by atoms with van der Waals surface area (Å²) in [6, 6.07) is 21.4. The molecule has 0 radical (unpaired) electrons. The number of hydrogen-bond donors (Lipinski definition) is 3. The Morgan fingerprint density at radius 1 is 1.02 bits per heavy atom. The topological polar surface area (TPSA) is 114 Å². The van der Waals surface area contributed by atoms with Crippen molar-refractivity contribution in [2.45, 2.75) is 45.1 Å². The van der Waals surface area contributed by atoms with E-state index in [-0.39, 0.29) is 36.4 Å². The molecule has 1 amide bonds. The Bertz CT molecular complexity index is 1590. The molecule has 0 fully saturated rings. The summed E-state index contributed by atoms with van der Waals surface area (Å²) in [6.45, 7) is 3.20. The minimum absolute atomic E-state index is 0.0223. The van der Waals surface area contributed by atoms with Gasteiger partial charge in [-0.1, -0.05) is 42.5 Å². The third kappa shape index (κ3) is 5.87. The predicted octanol–water partition coefficient (Wildman–Crippen LogP) is 5.46. The summed E-state index contributed by atoms with van der Waals surface area (Å²) in [7, 11) is 1.62. The number of allylic oxidation sites excluding steroid dienone is 3. The van der Waals surface area contributed by atoms with Crippen molar-refractivity contribution in [2.75, 3.05) is 12.4 Å². The molecule has 1 heterocycles. The molecule has 2 aliphatic rings. The second-order valence-electron chi connectivity index (χ2n) is 10.3. The molecule has 0 bridgehead atoms. The van der Waals surface area contributed by atoms with E-state index in [0.717, 1.165) is 17.0 Å². The zero-order valence-corrected chi connectivity index (χ0v) is 23.2. The Balaban J connectivity index is 1.48. The van der Waals surface area contributed by atoms with Gasteiger partial charge in [-0.3, -0.25) is 9.59 Å². The maximum atomic E-state index is 13.8. The van der Waals surface area contributed by atoms with Crippen molar-refractivity contribution in [3.63, 3.8) is 0 Å². The highest BCUT2D eigenvalue weighted by atomic mass is 16.5.